The second-order valence-electron chi connectivity index (χ2n) is 8.15. The normalized spacial score (nSPS) is 18.1. The molecule has 0 radical (unpaired) electrons. The fourth-order valence-electron chi connectivity index (χ4n) is 3.61. The lowest BCUT2D eigenvalue weighted by Gasteiger charge is -2.17. The molecular weight excluding hydrogens is 346 g/mol. The number of rotatable bonds is 6. The largest absolute Gasteiger partial charge is 0.352 e. The smallest absolute Gasteiger partial charge is 0.262 e. The molecular formula is C20H29N3O2S. The van der Waals surface area contributed by atoms with Gasteiger partial charge in [0.15, 0.2) is 0 Å². The molecule has 0 aliphatic heterocycles. The van der Waals surface area contributed by atoms with Gasteiger partial charge in [-0.3, -0.25) is 14.2 Å². The van der Waals surface area contributed by atoms with Gasteiger partial charge in [0.2, 0.25) is 5.91 Å². The van der Waals surface area contributed by atoms with Gasteiger partial charge in [-0.15, -0.1) is 11.3 Å². The monoisotopic (exact) mass is 375 g/mol. The molecule has 2 heterocycles. The second-order valence-corrected chi connectivity index (χ2v) is 9.23. The first kappa shape index (κ1) is 19.1. The summed E-state index contributed by atoms with van der Waals surface area (Å²) in [6.45, 7) is 8.66. The van der Waals surface area contributed by atoms with Crippen LogP contribution < -0.4 is 10.9 Å². The Morgan fingerprint density at radius 1 is 1.38 bits per heavy atom. The molecule has 0 saturated heterocycles. The molecule has 2 aromatic rings. The number of carbonyl (C=O) groups excluding carboxylic acids is 1. The predicted molar refractivity (Wildman–Crippen MR) is 107 cm³/mol. The molecule has 6 heteroatoms. The molecule has 5 nitrogen and oxygen atoms in total. The van der Waals surface area contributed by atoms with Crippen molar-refractivity contribution in [3.8, 4) is 0 Å². The molecule has 1 amide bonds. The summed E-state index contributed by atoms with van der Waals surface area (Å²) >= 11 is 1.64. The SMILES string of the molecule is CC(C)CC[C@@H](C)NC(=O)Cn1cnc2sc3c(c2c1=O)CC[C@H](C)C3. The van der Waals surface area contributed by atoms with Crippen molar-refractivity contribution in [2.24, 2.45) is 11.8 Å². The number of thiophene rings is 1. The third-order valence-corrected chi connectivity index (χ3v) is 6.34. The highest BCUT2D eigenvalue weighted by molar-refractivity contribution is 7.18. The summed E-state index contributed by atoms with van der Waals surface area (Å²) in [7, 11) is 0. The molecule has 0 bridgehead atoms. The number of fused-ring (bicyclic) bond motifs is 3. The van der Waals surface area contributed by atoms with Crippen molar-refractivity contribution in [3.63, 3.8) is 0 Å². The summed E-state index contributed by atoms with van der Waals surface area (Å²) in [4.78, 5) is 31.8. The minimum absolute atomic E-state index is 0.0365. The van der Waals surface area contributed by atoms with Crippen molar-refractivity contribution >= 4 is 27.5 Å². The van der Waals surface area contributed by atoms with Crippen LogP contribution in [0.15, 0.2) is 11.1 Å². The van der Waals surface area contributed by atoms with Gasteiger partial charge < -0.3 is 5.32 Å². The first-order valence-electron chi connectivity index (χ1n) is 9.64. The molecule has 0 spiro atoms. The first-order chi connectivity index (χ1) is 12.3. The van der Waals surface area contributed by atoms with Gasteiger partial charge >= 0.3 is 0 Å². The van der Waals surface area contributed by atoms with Crippen LogP contribution in [-0.2, 0) is 24.2 Å². The number of hydrogen-bond donors (Lipinski definition) is 1. The number of aryl methyl sites for hydroxylation is 1. The highest BCUT2D eigenvalue weighted by Crippen LogP contribution is 2.35. The molecule has 1 aliphatic carbocycles. The van der Waals surface area contributed by atoms with E-state index in [2.05, 4.69) is 31.1 Å². The van der Waals surface area contributed by atoms with Gasteiger partial charge in [0, 0.05) is 10.9 Å². The Bertz CT molecular complexity index is 853. The van der Waals surface area contributed by atoms with Gasteiger partial charge in [-0.25, -0.2) is 4.98 Å². The lowest BCUT2D eigenvalue weighted by atomic mass is 9.89. The maximum absolute atomic E-state index is 12.9. The minimum Gasteiger partial charge on any atom is -0.352 e. The molecule has 0 unspecified atom stereocenters. The van der Waals surface area contributed by atoms with Crippen LogP contribution in [0.3, 0.4) is 0 Å². The maximum atomic E-state index is 12.9. The standard InChI is InChI=1S/C20H29N3O2S/c1-12(2)5-7-14(4)22-17(24)10-23-11-21-19-18(20(23)25)15-8-6-13(3)9-16(15)26-19/h11-14H,5-10H2,1-4H3,(H,22,24)/t13-,14+/m0/s1. The zero-order valence-corrected chi connectivity index (χ0v) is 17.0. The van der Waals surface area contributed by atoms with Crippen LogP contribution in [0, 0.1) is 11.8 Å². The topological polar surface area (TPSA) is 64.0 Å². The number of amides is 1. The van der Waals surface area contributed by atoms with Crippen LogP contribution in [0.2, 0.25) is 0 Å². The summed E-state index contributed by atoms with van der Waals surface area (Å²) < 4.78 is 1.46. The molecule has 0 fully saturated rings. The zero-order valence-electron chi connectivity index (χ0n) is 16.2. The summed E-state index contributed by atoms with van der Waals surface area (Å²) in [6, 6.07) is 0.118. The van der Waals surface area contributed by atoms with Crippen molar-refractivity contribution in [1.82, 2.24) is 14.9 Å². The second kappa shape index (κ2) is 7.91. The molecule has 2 aromatic heterocycles. The van der Waals surface area contributed by atoms with E-state index in [4.69, 9.17) is 0 Å². The van der Waals surface area contributed by atoms with Gasteiger partial charge in [-0.2, -0.15) is 0 Å². The van der Waals surface area contributed by atoms with E-state index in [1.165, 1.54) is 21.3 Å². The summed E-state index contributed by atoms with van der Waals surface area (Å²) in [5.41, 5.74) is 1.09. The van der Waals surface area contributed by atoms with Gasteiger partial charge in [0.05, 0.1) is 11.7 Å². The van der Waals surface area contributed by atoms with E-state index in [1.807, 2.05) is 6.92 Å². The summed E-state index contributed by atoms with van der Waals surface area (Å²) in [6.07, 6.45) is 6.63. The van der Waals surface area contributed by atoms with Crippen LogP contribution in [0.4, 0.5) is 0 Å². The number of aromatic nitrogens is 2. The molecule has 0 aromatic carbocycles. The van der Waals surface area contributed by atoms with E-state index in [-0.39, 0.29) is 24.1 Å². The van der Waals surface area contributed by atoms with E-state index in [0.717, 1.165) is 42.3 Å². The Hall–Kier alpha value is -1.69. The zero-order chi connectivity index (χ0) is 18.8. The summed E-state index contributed by atoms with van der Waals surface area (Å²) in [5, 5.41) is 3.73. The Balaban J connectivity index is 1.76. The van der Waals surface area contributed by atoms with Crippen molar-refractivity contribution < 1.29 is 4.79 Å². The molecule has 0 saturated carbocycles. The van der Waals surface area contributed by atoms with Crippen LogP contribution in [0.5, 0.6) is 0 Å². The molecule has 3 rings (SSSR count). The summed E-state index contributed by atoms with van der Waals surface area (Å²) in [5.74, 6) is 1.16. The van der Waals surface area contributed by atoms with Gasteiger partial charge in [-0.1, -0.05) is 20.8 Å². The average molecular weight is 376 g/mol. The lowest BCUT2D eigenvalue weighted by Crippen LogP contribution is -2.37. The van der Waals surface area contributed by atoms with Crippen LogP contribution in [-0.4, -0.2) is 21.5 Å². The molecule has 2 atom stereocenters. The van der Waals surface area contributed by atoms with Crippen molar-refractivity contribution in [2.45, 2.75) is 72.4 Å². The number of carbonyl (C=O) groups is 1. The Kier molecular flexibility index (Phi) is 5.80. The van der Waals surface area contributed by atoms with E-state index >= 15 is 0 Å². The van der Waals surface area contributed by atoms with Crippen molar-refractivity contribution in [1.29, 1.82) is 0 Å². The van der Waals surface area contributed by atoms with Crippen LogP contribution in [0.25, 0.3) is 10.2 Å². The van der Waals surface area contributed by atoms with Crippen LogP contribution in [0.1, 0.15) is 57.4 Å². The Labute approximate surface area is 158 Å². The highest BCUT2D eigenvalue weighted by Gasteiger charge is 2.23. The van der Waals surface area contributed by atoms with Gasteiger partial charge in [-0.05, 0) is 56.4 Å². The fourth-order valence-corrected chi connectivity index (χ4v) is 4.95. The number of nitrogens with zero attached hydrogens (tertiary/aromatic N) is 2. The highest BCUT2D eigenvalue weighted by atomic mass is 32.1. The Morgan fingerprint density at radius 3 is 2.88 bits per heavy atom. The average Bonchev–Trinajstić information content (AvgIpc) is 2.93. The lowest BCUT2D eigenvalue weighted by molar-refractivity contribution is -0.122. The quantitative estimate of drug-likeness (QED) is 0.840. The molecule has 1 N–H and O–H groups in total. The molecule has 26 heavy (non-hydrogen) atoms. The van der Waals surface area contributed by atoms with Crippen molar-refractivity contribution in [2.75, 3.05) is 0 Å². The van der Waals surface area contributed by atoms with Crippen LogP contribution >= 0.6 is 11.3 Å². The van der Waals surface area contributed by atoms with E-state index in [9.17, 15) is 9.59 Å². The number of hydrogen-bond acceptors (Lipinski definition) is 4. The van der Waals surface area contributed by atoms with E-state index in [0.29, 0.717) is 11.8 Å². The van der Waals surface area contributed by atoms with E-state index in [1.54, 1.807) is 11.3 Å². The number of nitrogens with one attached hydrogen (secondary N) is 1. The molecule has 142 valence electrons. The van der Waals surface area contributed by atoms with Gasteiger partial charge in [0.25, 0.3) is 5.56 Å². The minimum atomic E-state index is -0.123. The van der Waals surface area contributed by atoms with Gasteiger partial charge in [0.1, 0.15) is 11.4 Å². The third kappa shape index (κ3) is 4.17. The molecule has 1 aliphatic rings. The predicted octanol–water partition coefficient (Wildman–Crippen LogP) is 3.52. The van der Waals surface area contributed by atoms with E-state index < -0.39 is 0 Å². The fraction of sp³-hybridized carbons (Fsp3) is 0.650. The van der Waals surface area contributed by atoms with Crippen molar-refractivity contribution in [3.05, 3.63) is 27.1 Å². The third-order valence-electron chi connectivity index (χ3n) is 5.18. The maximum Gasteiger partial charge on any atom is 0.262 e. The first-order valence-corrected chi connectivity index (χ1v) is 10.5. The Morgan fingerprint density at radius 2 is 2.15 bits per heavy atom.